The fraction of sp³-hybridized carbons (Fsp3) is 0.208. The number of carbonyl (C=O) groups is 1. The third-order valence-corrected chi connectivity index (χ3v) is 6.55. The van der Waals surface area contributed by atoms with Crippen molar-refractivity contribution in [2.45, 2.75) is 18.4 Å². The molecular weight excluding hydrogens is 428 g/mol. The molecule has 3 aromatic carbocycles. The summed E-state index contributed by atoms with van der Waals surface area (Å²) in [5.74, 6) is 0.0114. The minimum Gasteiger partial charge on any atom is -0.497 e. The van der Waals surface area contributed by atoms with Crippen molar-refractivity contribution in [3.8, 4) is 5.75 Å². The van der Waals surface area contributed by atoms with Gasteiger partial charge >= 0.3 is 0 Å². The third-order valence-electron chi connectivity index (χ3n) is 4.76. The normalized spacial score (nSPS) is 11.1. The zero-order valence-electron chi connectivity index (χ0n) is 18.2. The Bertz CT molecular complexity index is 1180. The first kappa shape index (κ1) is 23.3. The van der Waals surface area contributed by atoms with Crippen LogP contribution in [0.15, 0.2) is 77.7 Å². The van der Waals surface area contributed by atoms with E-state index in [1.807, 2.05) is 13.0 Å². The SMILES string of the molecule is COCc1cccc(NC(=O)CN(c2cccc(OC)c2)S(=O)(=O)c2ccc(C)cc2)c1. The summed E-state index contributed by atoms with van der Waals surface area (Å²) in [6.45, 7) is 1.88. The fourth-order valence-corrected chi connectivity index (χ4v) is 4.57. The average molecular weight is 455 g/mol. The van der Waals surface area contributed by atoms with Crippen molar-refractivity contribution in [2.75, 3.05) is 30.4 Å². The van der Waals surface area contributed by atoms with E-state index in [9.17, 15) is 13.2 Å². The van der Waals surface area contributed by atoms with Crippen LogP contribution in [0.5, 0.6) is 5.75 Å². The number of benzene rings is 3. The van der Waals surface area contributed by atoms with Gasteiger partial charge in [0.25, 0.3) is 10.0 Å². The lowest BCUT2D eigenvalue weighted by atomic mass is 10.2. The second-order valence-corrected chi connectivity index (χ2v) is 9.07. The van der Waals surface area contributed by atoms with E-state index >= 15 is 0 Å². The largest absolute Gasteiger partial charge is 0.497 e. The van der Waals surface area contributed by atoms with E-state index in [1.54, 1.807) is 61.7 Å². The Morgan fingerprint density at radius 1 is 0.969 bits per heavy atom. The summed E-state index contributed by atoms with van der Waals surface area (Å²) in [4.78, 5) is 13.0. The van der Waals surface area contributed by atoms with Crippen LogP contribution < -0.4 is 14.4 Å². The minimum absolute atomic E-state index is 0.0980. The number of carbonyl (C=O) groups excluding carboxylic acids is 1. The van der Waals surface area contributed by atoms with Gasteiger partial charge < -0.3 is 14.8 Å². The van der Waals surface area contributed by atoms with Crippen LogP contribution in [0.2, 0.25) is 0 Å². The van der Waals surface area contributed by atoms with Gasteiger partial charge in [0.2, 0.25) is 5.91 Å². The topological polar surface area (TPSA) is 84.9 Å². The summed E-state index contributed by atoms with van der Waals surface area (Å²) in [6, 6.07) is 20.3. The molecule has 1 N–H and O–H groups in total. The lowest BCUT2D eigenvalue weighted by molar-refractivity contribution is -0.114. The van der Waals surface area contributed by atoms with Crippen LogP contribution in [0.25, 0.3) is 0 Å². The van der Waals surface area contributed by atoms with Gasteiger partial charge in [-0.05, 0) is 48.9 Å². The van der Waals surface area contributed by atoms with Crippen molar-refractivity contribution in [1.82, 2.24) is 0 Å². The van der Waals surface area contributed by atoms with E-state index in [0.717, 1.165) is 15.4 Å². The Labute approximate surface area is 188 Å². The molecule has 3 rings (SSSR count). The quantitative estimate of drug-likeness (QED) is 0.529. The van der Waals surface area contributed by atoms with Crippen molar-refractivity contribution in [2.24, 2.45) is 0 Å². The molecule has 0 fully saturated rings. The summed E-state index contributed by atoms with van der Waals surface area (Å²) >= 11 is 0. The van der Waals surface area contributed by atoms with Gasteiger partial charge in [-0.3, -0.25) is 9.10 Å². The van der Waals surface area contributed by atoms with Gasteiger partial charge in [-0.2, -0.15) is 0 Å². The minimum atomic E-state index is -4.00. The zero-order valence-corrected chi connectivity index (χ0v) is 19.1. The molecule has 0 heterocycles. The molecule has 32 heavy (non-hydrogen) atoms. The first-order valence-electron chi connectivity index (χ1n) is 9.94. The highest BCUT2D eigenvalue weighted by Crippen LogP contribution is 2.27. The number of hydrogen-bond donors (Lipinski definition) is 1. The predicted octanol–water partition coefficient (Wildman–Crippen LogP) is 3.98. The van der Waals surface area contributed by atoms with Gasteiger partial charge in [-0.15, -0.1) is 0 Å². The van der Waals surface area contributed by atoms with Crippen LogP contribution >= 0.6 is 0 Å². The molecule has 0 saturated heterocycles. The van der Waals surface area contributed by atoms with Crippen LogP contribution in [0, 0.1) is 6.92 Å². The summed E-state index contributed by atoms with van der Waals surface area (Å²) in [6.07, 6.45) is 0. The summed E-state index contributed by atoms with van der Waals surface area (Å²) in [5, 5.41) is 2.77. The number of hydrogen-bond acceptors (Lipinski definition) is 5. The molecule has 1 amide bonds. The van der Waals surface area contributed by atoms with Crippen LogP contribution in [0.1, 0.15) is 11.1 Å². The van der Waals surface area contributed by atoms with Gasteiger partial charge in [-0.1, -0.05) is 35.9 Å². The zero-order chi connectivity index (χ0) is 23.1. The molecule has 3 aromatic rings. The molecule has 0 aliphatic carbocycles. The summed E-state index contributed by atoms with van der Waals surface area (Å²) in [7, 11) is -0.915. The Kier molecular flexibility index (Phi) is 7.50. The molecule has 0 aliphatic heterocycles. The van der Waals surface area contributed by atoms with Crippen LogP contribution in [-0.4, -0.2) is 35.1 Å². The molecule has 0 spiro atoms. The Hall–Kier alpha value is -3.36. The number of aryl methyl sites for hydroxylation is 1. The highest BCUT2D eigenvalue weighted by atomic mass is 32.2. The number of rotatable bonds is 9. The number of ether oxygens (including phenoxy) is 2. The molecule has 0 aliphatic rings. The highest BCUT2D eigenvalue weighted by Gasteiger charge is 2.27. The number of methoxy groups -OCH3 is 2. The number of nitrogens with one attached hydrogen (secondary N) is 1. The van der Waals surface area contributed by atoms with E-state index in [-0.39, 0.29) is 4.90 Å². The lowest BCUT2D eigenvalue weighted by Crippen LogP contribution is -2.38. The van der Waals surface area contributed by atoms with Crippen LogP contribution in [0.3, 0.4) is 0 Å². The molecule has 0 radical (unpaired) electrons. The van der Waals surface area contributed by atoms with E-state index in [2.05, 4.69) is 5.32 Å². The number of sulfonamides is 1. The van der Waals surface area contributed by atoms with Gasteiger partial charge in [0.1, 0.15) is 12.3 Å². The molecule has 0 atom stereocenters. The van der Waals surface area contributed by atoms with Crippen molar-refractivity contribution in [3.63, 3.8) is 0 Å². The highest BCUT2D eigenvalue weighted by molar-refractivity contribution is 7.92. The molecule has 0 unspecified atom stereocenters. The van der Waals surface area contributed by atoms with Crippen molar-refractivity contribution < 1.29 is 22.7 Å². The van der Waals surface area contributed by atoms with Gasteiger partial charge in [0, 0.05) is 18.9 Å². The Morgan fingerprint density at radius 3 is 2.38 bits per heavy atom. The smallest absolute Gasteiger partial charge is 0.264 e. The maximum absolute atomic E-state index is 13.5. The van der Waals surface area contributed by atoms with E-state index in [1.165, 1.54) is 19.2 Å². The number of nitrogens with zero attached hydrogens (tertiary/aromatic N) is 1. The summed E-state index contributed by atoms with van der Waals surface area (Å²) < 4.78 is 38.4. The Morgan fingerprint density at radius 2 is 1.69 bits per heavy atom. The second kappa shape index (κ2) is 10.3. The standard InChI is InChI=1S/C24H26N2O5S/c1-18-10-12-23(13-11-18)32(28,29)26(21-8-5-9-22(15-21)31-3)16-24(27)25-20-7-4-6-19(14-20)17-30-2/h4-15H,16-17H2,1-3H3,(H,25,27). The van der Waals surface area contributed by atoms with E-state index < -0.39 is 22.5 Å². The van der Waals surface area contributed by atoms with Gasteiger partial charge in [-0.25, -0.2) is 8.42 Å². The molecule has 168 valence electrons. The molecule has 0 bridgehead atoms. The number of amides is 1. The maximum atomic E-state index is 13.5. The predicted molar refractivity (Wildman–Crippen MR) is 124 cm³/mol. The van der Waals surface area contributed by atoms with E-state index in [0.29, 0.717) is 23.7 Å². The van der Waals surface area contributed by atoms with E-state index in [4.69, 9.17) is 9.47 Å². The molecule has 0 saturated carbocycles. The summed E-state index contributed by atoms with van der Waals surface area (Å²) in [5.41, 5.74) is 2.71. The molecular formula is C24H26N2O5S. The van der Waals surface area contributed by atoms with Crippen molar-refractivity contribution in [1.29, 1.82) is 0 Å². The first-order valence-corrected chi connectivity index (χ1v) is 11.4. The average Bonchev–Trinajstić information content (AvgIpc) is 2.78. The maximum Gasteiger partial charge on any atom is 0.264 e. The Balaban J connectivity index is 1.93. The molecule has 7 nitrogen and oxygen atoms in total. The third kappa shape index (κ3) is 5.66. The van der Waals surface area contributed by atoms with Gasteiger partial charge in [0.15, 0.2) is 0 Å². The fourth-order valence-electron chi connectivity index (χ4n) is 3.15. The number of anilines is 2. The van der Waals surface area contributed by atoms with Crippen molar-refractivity contribution >= 4 is 27.3 Å². The van der Waals surface area contributed by atoms with Crippen LogP contribution in [0.4, 0.5) is 11.4 Å². The van der Waals surface area contributed by atoms with Gasteiger partial charge in [0.05, 0.1) is 24.3 Å². The molecule has 0 aromatic heterocycles. The van der Waals surface area contributed by atoms with Crippen molar-refractivity contribution in [3.05, 3.63) is 83.9 Å². The van der Waals surface area contributed by atoms with Crippen LogP contribution in [-0.2, 0) is 26.2 Å². The second-order valence-electron chi connectivity index (χ2n) is 7.21. The monoisotopic (exact) mass is 454 g/mol. The lowest BCUT2D eigenvalue weighted by Gasteiger charge is -2.24. The molecule has 8 heteroatoms. The first-order chi connectivity index (χ1) is 15.3.